The van der Waals surface area contributed by atoms with Crippen molar-refractivity contribution in [3.05, 3.63) is 17.5 Å². The quantitative estimate of drug-likeness (QED) is 0.839. The van der Waals surface area contributed by atoms with Crippen LogP contribution in [0.15, 0.2) is 17.5 Å². The molecule has 16 heavy (non-hydrogen) atoms. The molecule has 3 nitrogen and oxygen atoms in total. The van der Waals surface area contributed by atoms with Gasteiger partial charge in [-0.05, 0) is 30.5 Å². The maximum absolute atomic E-state index is 3.39. The Morgan fingerprint density at radius 1 is 1.44 bits per heavy atom. The molecule has 0 bridgehead atoms. The Hall–Kier alpha value is -0.580. The predicted octanol–water partition coefficient (Wildman–Crippen LogP) is 1.48. The van der Waals surface area contributed by atoms with Gasteiger partial charge >= 0.3 is 0 Å². The lowest BCUT2D eigenvalue weighted by Crippen LogP contribution is -2.44. The van der Waals surface area contributed by atoms with Crippen LogP contribution in [0.25, 0.3) is 0 Å². The highest BCUT2D eigenvalue weighted by molar-refractivity contribution is 7.14. The summed E-state index contributed by atoms with van der Waals surface area (Å²) < 4.78 is 0. The van der Waals surface area contributed by atoms with Gasteiger partial charge in [0.05, 0.1) is 5.00 Å². The minimum absolute atomic E-state index is 1.15. The molecule has 4 heteroatoms. The van der Waals surface area contributed by atoms with Crippen LogP contribution >= 0.6 is 11.3 Å². The SMILES string of the molecule is CN(CCCN1CCNCC1)c1cccs1. The lowest BCUT2D eigenvalue weighted by Gasteiger charge is -2.28. The Bertz CT molecular complexity index is 280. The lowest BCUT2D eigenvalue weighted by molar-refractivity contribution is 0.239. The average molecular weight is 239 g/mol. The van der Waals surface area contributed by atoms with Crippen molar-refractivity contribution in [3.8, 4) is 0 Å². The Morgan fingerprint density at radius 3 is 2.94 bits per heavy atom. The molecule has 1 aliphatic rings. The number of nitrogens with zero attached hydrogens (tertiary/aromatic N) is 2. The fourth-order valence-corrected chi connectivity index (χ4v) is 2.79. The van der Waals surface area contributed by atoms with Gasteiger partial charge < -0.3 is 15.1 Å². The first kappa shape index (κ1) is 11.9. The van der Waals surface area contributed by atoms with Gasteiger partial charge in [0.1, 0.15) is 0 Å². The van der Waals surface area contributed by atoms with E-state index in [1.807, 2.05) is 11.3 Å². The Labute approximate surface area is 102 Å². The van der Waals surface area contributed by atoms with Crippen molar-refractivity contribution in [2.24, 2.45) is 0 Å². The zero-order chi connectivity index (χ0) is 11.2. The highest BCUT2D eigenvalue weighted by Crippen LogP contribution is 2.19. The predicted molar refractivity (Wildman–Crippen MR) is 71.5 cm³/mol. The summed E-state index contributed by atoms with van der Waals surface area (Å²) in [4.78, 5) is 4.91. The summed E-state index contributed by atoms with van der Waals surface area (Å²) >= 11 is 1.82. The summed E-state index contributed by atoms with van der Waals surface area (Å²) in [5.74, 6) is 0. The number of hydrogen-bond donors (Lipinski definition) is 1. The number of anilines is 1. The molecule has 90 valence electrons. The number of hydrogen-bond acceptors (Lipinski definition) is 4. The zero-order valence-corrected chi connectivity index (χ0v) is 10.8. The minimum atomic E-state index is 1.15. The van der Waals surface area contributed by atoms with Gasteiger partial charge in [-0.2, -0.15) is 0 Å². The fraction of sp³-hybridized carbons (Fsp3) is 0.667. The maximum atomic E-state index is 3.39. The van der Waals surface area contributed by atoms with Crippen LogP contribution in [0.2, 0.25) is 0 Å². The van der Waals surface area contributed by atoms with Crippen LogP contribution < -0.4 is 10.2 Å². The van der Waals surface area contributed by atoms with E-state index in [0.717, 1.165) is 19.6 Å². The second-order valence-corrected chi connectivity index (χ2v) is 5.24. The number of nitrogens with one attached hydrogen (secondary N) is 1. The first-order valence-electron chi connectivity index (χ1n) is 6.04. The lowest BCUT2D eigenvalue weighted by atomic mass is 10.3. The Balaban J connectivity index is 1.63. The summed E-state index contributed by atoms with van der Waals surface area (Å²) in [6.07, 6.45) is 1.26. The van der Waals surface area contributed by atoms with E-state index in [-0.39, 0.29) is 0 Å². The smallest absolute Gasteiger partial charge is 0.0905 e. The number of piperazine rings is 1. The summed E-state index contributed by atoms with van der Waals surface area (Å²) in [6.45, 7) is 7.12. The van der Waals surface area contributed by atoms with Gasteiger partial charge in [0.25, 0.3) is 0 Å². The molecular weight excluding hydrogens is 218 g/mol. The van der Waals surface area contributed by atoms with E-state index in [4.69, 9.17) is 0 Å². The third kappa shape index (κ3) is 3.47. The third-order valence-electron chi connectivity index (χ3n) is 3.06. The first-order valence-corrected chi connectivity index (χ1v) is 6.92. The van der Waals surface area contributed by atoms with Crippen LogP contribution in [0, 0.1) is 0 Å². The molecule has 0 atom stereocenters. The standard InChI is InChI=1S/C12H21N3S/c1-14(12-4-2-11-16-12)7-3-8-15-9-5-13-6-10-15/h2,4,11,13H,3,5-10H2,1H3. The molecule has 0 radical (unpaired) electrons. The Kier molecular flexibility index (Phi) is 4.63. The van der Waals surface area contributed by atoms with Crippen molar-refractivity contribution in [3.63, 3.8) is 0 Å². The van der Waals surface area contributed by atoms with Crippen LogP contribution in [0.4, 0.5) is 5.00 Å². The van der Waals surface area contributed by atoms with Crippen molar-refractivity contribution >= 4 is 16.3 Å². The van der Waals surface area contributed by atoms with E-state index in [9.17, 15) is 0 Å². The molecule has 0 unspecified atom stereocenters. The van der Waals surface area contributed by atoms with Crippen molar-refractivity contribution < 1.29 is 0 Å². The van der Waals surface area contributed by atoms with E-state index >= 15 is 0 Å². The molecule has 1 aliphatic heterocycles. The molecule has 0 aromatic carbocycles. The van der Waals surface area contributed by atoms with E-state index < -0.39 is 0 Å². The highest BCUT2D eigenvalue weighted by atomic mass is 32.1. The van der Waals surface area contributed by atoms with E-state index in [2.05, 4.69) is 39.7 Å². The van der Waals surface area contributed by atoms with Crippen molar-refractivity contribution in [1.82, 2.24) is 10.2 Å². The van der Waals surface area contributed by atoms with E-state index in [0.29, 0.717) is 0 Å². The van der Waals surface area contributed by atoms with Gasteiger partial charge in [0, 0.05) is 39.8 Å². The Morgan fingerprint density at radius 2 is 2.25 bits per heavy atom. The summed E-state index contributed by atoms with van der Waals surface area (Å²) in [5, 5.41) is 6.90. The van der Waals surface area contributed by atoms with Crippen LogP contribution in [0.5, 0.6) is 0 Å². The molecule has 2 rings (SSSR count). The zero-order valence-electron chi connectivity index (χ0n) is 9.98. The number of rotatable bonds is 5. The summed E-state index contributed by atoms with van der Waals surface area (Å²) in [5.41, 5.74) is 0. The third-order valence-corrected chi connectivity index (χ3v) is 4.04. The maximum Gasteiger partial charge on any atom is 0.0905 e. The molecule has 1 aromatic rings. The van der Waals surface area contributed by atoms with Crippen molar-refractivity contribution in [2.45, 2.75) is 6.42 Å². The van der Waals surface area contributed by atoms with Gasteiger partial charge in [-0.15, -0.1) is 11.3 Å². The first-order chi connectivity index (χ1) is 7.86. The van der Waals surface area contributed by atoms with Crippen molar-refractivity contribution in [2.75, 3.05) is 51.2 Å². The topological polar surface area (TPSA) is 18.5 Å². The van der Waals surface area contributed by atoms with Gasteiger partial charge in [-0.3, -0.25) is 0 Å². The normalized spacial score (nSPS) is 17.6. The van der Waals surface area contributed by atoms with Crippen LogP contribution in [0.3, 0.4) is 0 Å². The monoisotopic (exact) mass is 239 g/mol. The molecule has 2 heterocycles. The highest BCUT2D eigenvalue weighted by Gasteiger charge is 2.09. The molecule has 1 fully saturated rings. The largest absolute Gasteiger partial charge is 0.366 e. The molecule has 1 N–H and O–H groups in total. The van der Waals surface area contributed by atoms with E-state index in [1.165, 1.54) is 31.1 Å². The van der Waals surface area contributed by atoms with E-state index in [1.54, 1.807) is 0 Å². The van der Waals surface area contributed by atoms with Gasteiger partial charge in [-0.25, -0.2) is 0 Å². The van der Waals surface area contributed by atoms with Gasteiger partial charge in [-0.1, -0.05) is 0 Å². The average Bonchev–Trinajstić information content (AvgIpc) is 2.84. The second-order valence-electron chi connectivity index (χ2n) is 4.32. The van der Waals surface area contributed by atoms with Gasteiger partial charge in [0.15, 0.2) is 0 Å². The summed E-state index contributed by atoms with van der Waals surface area (Å²) in [6, 6.07) is 4.31. The van der Waals surface area contributed by atoms with Crippen LogP contribution in [-0.2, 0) is 0 Å². The fourth-order valence-electron chi connectivity index (χ4n) is 2.06. The molecule has 0 amide bonds. The van der Waals surface area contributed by atoms with Crippen LogP contribution in [-0.4, -0.2) is 51.2 Å². The molecular formula is C12H21N3S. The molecule has 1 aromatic heterocycles. The van der Waals surface area contributed by atoms with Gasteiger partial charge in [0.2, 0.25) is 0 Å². The summed E-state index contributed by atoms with van der Waals surface area (Å²) in [7, 11) is 2.18. The molecule has 0 spiro atoms. The molecule has 0 aliphatic carbocycles. The molecule has 0 saturated carbocycles. The molecule has 1 saturated heterocycles. The van der Waals surface area contributed by atoms with Crippen molar-refractivity contribution in [1.29, 1.82) is 0 Å². The second kappa shape index (κ2) is 6.23. The van der Waals surface area contributed by atoms with Crippen LogP contribution in [0.1, 0.15) is 6.42 Å². The minimum Gasteiger partial charge on any atom is -0.366 e. The number of thiophene rings is 1.